The molecule has 0 spiro atoms. The number of aromatic nitrogens is 3. The lowest BCUT2D eigenvalue weighted by Crippen LogP contribution is -2.22. The number of hydrogen-bond donors (Lipinski definition) is 2. The van der Waals surface area contributed by atoms with E-state index in [-0.39, 0.29) is 18.1 Å². The number of carboxylic acid groups (broad SMARTS) is 1. The molecule has 0 fully saturated rings. The highest BCUT2D eigenvalue weighted by atomic mass is 16.4. The number of rotatable bonds is 4. The summed E-state index contributed by atoms with van der Waals surface area (Å²) < 4.78 is 1.54. The molecule has 0 radical (unpaired) electrons. The Labute approximate surface area is 108 Å². The lowest BCUT2D eigenvalue weighted by atomic mass is 10.2. The summed E-state index contributed by atoms with van der Waals surface area (Å²) in [5.74, 6) is -1.32. The van der Waals surface area contributed by atoms with Crippen LogP contribution in [-0.2, 0) is 13.6 Å². The molecule has 19 heavy (non-hydrogen) atoms. The number of carboxylic acids is 1. The van der Waals surface area contributed by atoms with Crippen molar-refractivity contribution in [3.05, 3.63) is 47.5 Å². The molecule has 0 atom stereocenters. The van der Waals surface area contributed by atoms with Crippen molar-refractivity contribution in [3.8, 4) is 0 Å². The maximum absolute atomic E-state index is 11.7. The second-order valence-electron chi connectivity index (χ2n) is 3.94. The van der Waals surface area contributed by atoms with Crippen LogP contribution in [0.25, 0.3) is 0 Å². The first-order chi connectivity index (χ1) is 9.06. The van der Waals surface area contributed by atoms with Gasteiger partial charge in [-0.1, -0.05) is 6.07 Å². The number of carbonyl (C=O) groups excluding carboxylic acids is 1. The van der Waals surface area contributed by atoms with Crippen molar-refractivity contribution in [2.45, 2.75) is 6.54 Å². The molecule has 2 N–H and O–H groups in total. The number of nitrogens with one attached hydrogen (secondary N) is 1. The van der Waals surface area contributed by atoms with Crippen LogP contribution < -0.4 is 5.32 Å². The van der Waals surface area contributed by atoms with Crippen molar-refractivity contribution in [2.75, 3.05) is 0 Å². The zero-order chi connectivity index (χ0) is 13.8. The fourth-order valence-electron chi connectivity index (χ4n) is 1.48. The van der Waals surface area contributed by atoms with Gasteiger partial charge in [-0.2, -0.15) is 5.10 Å². The van der Waals surface area contributed by atoms with Crippen molar-refractivity contribution in [3.63, 3.8) is 0 Å². The summed E-state index contributed by atoms with van der Waals surface area (Å²) in [6.45, 7) is 0.278. The van der Waals surface area contributed by atoms with Crippen molar-refractivity contribution in [1.29, 1.82) is 0 Å². The van der Waals surface area contributed by atoms with E-state index >= 15 is 0 Å². The fourth-order valence-corrected chi connectivity index (χ4v) is 1.48. The highest BCUT2D eigenvalue weighted by molar-refractivity contribution is 5.93. The van der Waals surface area contributed by atoms with E-state index in [0.717, 1.165) is 5.56 Å². The molecule has 0 saturated carbocycles. The minimum Gasteiger partial charge on any atom is -0.477 e. The van der Waals surface area contributed by atoms with Crippen LogP contribution in [-0.4, -0.2) is 31.7 Å². The van der Waals surface area contributed by atoms with Gasteiger partial charge >= 0.3 is 5.97 Å². The average molecular weight is 260 g/mol. The molecule has 2 aromatic rings. The molecule has 2 rings (SSSR count). The van der Waals surface area contributed by atoms with Crippen LogP contribution in [0.2, 0.25) is 0 Å². The summed E-state index contributed by atoms with van der Waals surface area (Å²) in [7, 11) is 1.73. The van der Waals surface area contributed by atoms with Crippen molar-refractivity contribution < 1.29 is 14.7 Å². The third kappa shape index (κ3) is 3.15. The van der Waals surface area contributed by atoms with Crippen LogP contribution in [0.4, 0.5) is 0 Å². The van der Waals surface area contributed by atoms with E-state index in [1.54, 1.807) is 19.3 Å². The van der Waals surface area contributed by atoms with E-state index in [0.29, 0.717) is 5.56 Å². The molecule has 7 nitrogen and oxygen atoms in total. The van der Waals surface area contributed by atoms with Crippen LogP contribution in [0, 0.1) is 0 Å². The Bertz CT molecular complexity index is 604. The summed E-state index contributed by atoms with van der Waals surface area (Å²) >= 11 is 0. The first-order valence-corrected chi connectivity index (χ1v) is 5.51. The maximum atomic E-state index is 11.7. The molecule has 2 heterocycles. The molecule has 0 aliphatic rings. The highest BCUT2D eigenvalue weighted by Crippen LogP contribution is 2.01. The number of nitrogens with zero attached hydrogens (tertiary/aromatic N) is 3. The zero-order valence-electron chi connectivity index (χ0n) is 10.2. The Balaban J connectivity index is 1.95. The molecule has 7 heteroatoms. The van der Waals surface area contributed by atoms with Crippen LogP contribution in [0.1, 0.15) is 26.4 Å². The Morgan fingerprint density at radius 2 is 2.16 bits per heavy atom. The first-order valence-electron chi connectivity index (χ1n) is 5.51. The second kappa shape index (κ2) is 5.30. The molecule has 0 unspecified atom stereocenters. The Morgan fingerprint density at radius 1 is 1.37 bits per heavy atom. The van der Waals surface area contributed by atoms with E-state index in [4.69, 9.17) is 5.11 Å². The van der Waals surface area contributed by atoms with Gasteiger partial charge in [0.05, 0.1) is 11.8 Å². The minimum absolute atomic E-state index is 0.0256. The van der Waals surface area contributed by atoms with E-state index in [1.807, 2.05) is 0 Å². The van der Waals surface area contributed by atoms with Crippen molar-refractivity contribution in [2.24, 2.45) is 7.05 Å². The van der Waals surface area contributed by atoms with E-state index < -0.39 is 5.97 Å². The van der Waals surface area contributed by atoms with E-state index in [2.05, 4.69) is 15.4 Å². The third-order valence-electron chi connectivity index (χ3n) is 2.46. The number of pyridine rings is 1. The van der Waals surface area contributed by atoms with Crippen molar-refractivity contribution in [1.82, 2.24) is 20.1 Å². The van der Waals surface area contributed by atoms with Crippen molar-refractivity contribution >= 4 is 11.9 Å². The normalized spacial score (nSPS) is 10.2. The summed E-state index contributed by atoms with van der Waals surface area (Å²) in [5, 5.41) is 15.3. The number of amides is 1. The molecule has 2 aromatic heterocycles. The van der Waals surface area contributed by atoms with Gasteiger partial charge in [-0.25, -0.2) is 9.78 Å². The standard InChI is InChI=1S/C12H12N4O3/c1-16-7-9(6-15-16)11(17)14-5-8-2-3-10(12(18)19)13-4-8/h2-4,6-7H,5H2,1H3,(H,14,17)(H,18,19). The maximum Gasteiger partial charge on any atom is 0.354 e. The minimum atomic E-state index is -1.08. The molecule has 98 valence electrons. The molecule has 1 amide bonds. The Hall–Kier alpha value is -2.70. The number of carbonyl (C=O) groups is 2. The summed E-state index contributed by atoms with van der Waals surface area (Å²) in [5.41, 5.74) is 1.17. The summed E-state index contributed by atoms with van der Waals surface area (Å²) in [6.07, 6.45) is 4.51. The number of aryl methyl sites for hydroxylation is 1. The molecule has 0 saturated heterocycles. The Kier molecular flexibility index (Phi) is 3.56. The van der Waals surface area contributed by atoms with Crippen LogP contribution in [0.3, 0.4) is 0 Å². The lowest BCUT2D eigenvalue weighted by Gasteiger charge is -2.03. The Morgan fingerprint density at radius 3 is 2.68 bits per heavy atom. The fraction of sp³-hybridized carbons (Fsp3) is 0.167. The topological polar surface area (TPSA) is 97.1 Å². The molecular weight excluding hydrogens is 248 g/mol. The van der Waals surface area contributed by atoms with Gasteiger partial charge in [-0.15, -0.1) is 0 Å². The third-order valence-corrected chi connectivity index (χ3v) is 2.46. The first kappa shape index (κ1) is 12.7. The zero-order valence-corrected chi connectivity index (χ0v) is 10.2. The molecular formula is C12H12N4O3. The van der Waals surface area contributed by atoms with Gasteiger partial charge in [-0.3, -0.25) is 9.48 Å². The number of aromatic carboxylic acids is 1. The van der Waals surface area contributed by atoms with Gasteiger partial charge in [0.2, 0.25) is 0 Å². The predicted molar refractivity (Wildman–Crippen MR) is 65.6 cm³/mol. The largest absolute Gasteiger partial charge is 0.477 e. The molecule has 0 bridgehead atoms. The molecule has 0 aliphatic heterocycles. The van der Waals surface area contributed by atoms with Crippen LogP contribution in [0.15, 0.2) is 30.7 Å². The monoisotopic (exact) mass is 260 g/mol. The van der Waals surface area contributed by atoms with Gasteiger partial charge in [0.1, 0.15) is 5.69 Å². The smallest absolute Gasteiger partial charge is 0.354 e. The van der Waals surface area contributed by atoms with Gasteiger partial charge in [0.15, 0.2) is 0 Å². The van der Waals surface area contributed by atoms with E-state index in [9.17, 15) is 9.59 Å². The summed E-state index contributed by atoms with van der Waals surface area (Å²) in [6, 6.07) is 3.01. The number of hydrogen-bond acceptors (Lipinski definition) is 4. The van der Waals surface area contributed by atoms with Gasteiger partial charge in [-0.05, 0) is 11.6 Å². The van der Waals surface area contributed by atoms with Gasteiger partial charge in [0.25, 0.3) is 5.91 Å². The quantitative estimate of drug-likeness (QED) is 0.831. The predicted octanol–water partition coefficient (Wildman–Crippen LogP) is 0.443. The SMILES string of the molecule is Cn1cc(C(=O)NCc2ccc(C(=O)O)nc2)cn1. The molecule has 0 aromatic carbocycles. The van der Waals surface area contributed by atoms with Gasteiger partial charge < -0.3 is 10.4 Å². The second-order valence-corrected chi connectivity index (χ2v) is 3.94. The summed E-state index contributed by atoms with van der Waals surface area (Å²) in [4.78, 5) is 26.1. The van der Waals surface area contributed by atoms with Crippen LogP contribution >= 0.6 is 0 Å². The van der Waals surface area contributed by atoms with Gasteiger partial charge in [0, 0.05) is 26.0 Å². The molecule has 0 aliphatic carbocycles. The average Bonchev–Trinajstić information content (AvgIpc) is 2.83. The van der Waals surface area contributed by atoms with Crippen LogP contribution in [0.5, 0.6) is 0 Å². The lowest BCUT2D eigenvalue weighted by molar-refractivity contribution is 0.0690. The highest BCUT2D eigenvalue weighted by Gasteiger charge is 2.08. The van der Waals surface area contributed by atoms with E-state index in [1.165, 1.54) is 23.1 Å².